The normalized spacial score (nSPS) is 12.3. The van der Waals surface area contributed by atoms with Gasteiger partial charge in [-0.15, -0.1) is 0 Å². The molecule has 1 aromatic carbocycles. The SMILES string of the molecule is CC=O.CNc1ccc(C)c(-c2ccnc(-c3ccnc(NC)c3)n2)c1.N#CC1(c2cc(C=O)ccn2)CC1. The minimum Gasteiger partial charge on any atom is -0.388 e. The number of nitriles is 1. The maximum Gasteiger partial charge on any atom is 0.159 e. The van der Waals surface area contributed by atoms with Crippen molar-refractivity contribution >= 4 is 24.1 Å². The van der Waals surface area contributed by atoms with Crippen molar-refractivity contribution in [2.45, 2.75) is 32.1 Å². The summed E-state index contributed by atoms with van der Waals surface area (Å²) in [6.07, 6.45) is 8.37. The average molecular weight is 522 g/mol. The molecule has 5 rings (SSSR count). The Morgan fingerprint density at radius 3 is 2.28 bits per heavy atom. The second-order valence-corrected chi connectivity index (χ2v) is 8.75. The molecular formula is C30H31N7O2. The summed E-state index contributed by atoms with van der Waals surface area (Å²) in [6, 6.07) is 17.6. The molecule has 39 heavy (non-hydrogen) atoms. The summed E-state index contributed by atoms with van der Waals surface area (Å²) in [5, 5.41) is 15.1. The minimum absolute atomic E-state index is 0.390. The van der Waals surface area contributed by atoms with Crippen LogP contribution in [-0.4, -0.2) is 46.6 Å². The van der Waals surface area contributed by atoms with Gasteiger partial charge in [0.1, 0.15) is 18.4 Å². The minimum atomic E-state index is -0.390. The van der Waals surface area contributed by atoms with Crippen LogP contribution in [0.2, 0.25) is 0 Å². The number of pyridine rings is 2. The van der Waals surface area contributed by atoms with Crippen LogP contribution in [-0.2, 0) is 10.2 Å². The monoisotopic (exact) mass is 521 g/mol. The Balaban J connectivity index is 0.000000221. The molecule has 3 heterocycles. The van der Waals surface area contributed by atoms with Gasteiger partial charge in [0.15, 0.2) is 5.82 Å². The van der Waals surface area contributed by atoms with Gasteiger partial charge in [0.25, 0.3) is 0 Å². The van der Waals surface area contributed by atoms with Crippen molar-refractivity contribution in [2.24, 2.45) is 0 Å². The molecule has 198 valence electrons. The molecule has 0 atom stereocenters. The lowest BCUT2D eigenvalue weighted by Crippen LogP contribution is -2.05. The fourth-order valence-corrected chi connectivity index (χ4v) is 3.74. The molecule has 1 saturated carbocycles. The Labute approximate surface area is 228 Å². The van der Waals surface area contributed by atoms with Gasteiger partial charge >= 0.3 is 0 Å². The van der Waals surface area contributed by atoms with Crippen LogP contribution in [0.15, 0.2) is 67.1 Å². The summed E-state index contributed by atoms with van der Waals surface area (Å²) in [7, 11) is 3.76. The molecule has 9 heteroatoms. The molecule has 9 nitrogen and oxygen atoms in total. The van der Waals surface area contributed by atoms with Crippen molar-refractivity contribution in [2.75, 3.05) is 24.7 Å². The third-order valence-corrected chi connectivity index (χ3v) is 6.11. The van der Waals surface area contributed by atoms with Gasteiger partial charge in [-0.2, -0.15) is 5.26 Å². The summed E-state index contributed by atoms with van der Waals surface area (Å²) in [4.78, 5) is 36.8. The number of nitrogens with zero attached hydrogens (tertiary/aromatic N) is 5. The van der Waals surface area contributed by atoms with E-state index in [0.29, 0.717) is 11.4 Å². The molecule has 0 amide bonds. The Morgan fingerprint density at radius 2 is 1.64 bits per heavy atom. The number of aldehydes is 2. The van der Waals surface area contributed by atoms with Gasteiger partial charge in [-0.1, -0.05) is 6.07 Å². The fraction of sp³-hybridized carbons (Fsp3) is 0.233. The van der Waals surface area contributed by atoms with Gasteiger partial charge in [-0.05, 0) is 74.7 Å². The van der Waals surface area contributed by atoms with Crippen LogP contribution in [0, 0.1) is 18.3 Å². The first-order valence-corrected chi connectivity index (χ1v) is 12.4. The number of nitrogens with one attached hydrogen (secondary N) is 2. The largest absolute Gasteiger partial charge is 0.388 e. The van der Waals surface area contributed by atoms with Crippen LogP contribution in [0.5, 0.6) is 0 Å². The molecule has 0 unspecified atom stereocenters. The second kappa shape index (κ2) is 13.5. The highest BCUT2D eigenvalue weighted by Gasteiger charge is 2.46. The molecule has 0 spiro atoms. The Bertz CT molecular complexity index is 1480. The molecule has 1 aliphatic rings. The molecule has 0 saturated heterocycles. The van der Waals surface area contributed by atoms with Gasteiger partial charge < -0.3 is 15.4 Å². The van der Waals surface area contributed by atoms with Crippen LogP contribution in [0.25, 0.3) is 22.6 Å². The zero-order valence-electron chi connectivity index (χ0n) is 22.5. The highest BCUT2D eigenvalue weighted by atomic mass is 16.1. The number of aromatic nitrogens is 4. The van der Waals surface area contributed by atoms with Crippen molar-refractivity contribution in [1.82, 2.24) is 19.9 Å². The number of hydrogen-bond donors (Lipinski definition) is 2. The Hall–Kier alpha value is -4.97. The molecule has 0 aliphatic heterocycles. The van der Waals surface area contributed by atoms with Crippen molar-refractivity contribution in [3.05, 3.63) is 83.9 Å². The lowest BCUT2D eigenvalue weighted by Gasteiger charge is -2.10. The molecule has 2 N–H and O–H groups in total. The first-order valence-electron chi connectivity index (χ1n) is 12.4. The maximum atomic E-state index is 10.5. The van der Waals surface area contributed by atoms with Crippen LogP contribution in [0.3, 0.4) is 0 Å². The number of carbonyl (C=O) groups is 2. The smallest absolute Gasteiger partial charge is 0.159 e. The predicted octanol–water partition coefficient (Wildman–Crippen LogP) is 5.25. The van der Waals surface area contributed by atoms with Crippen molar-refractivity contribution in [3.8, 4) is 28.7 Å². The van der Waals surface area contributed by atoms with Crippen LogP contribution >= 0.6 is 0 Å². The topological polar surface area (TPSA) is 134 Å². The first kappa shape index (κ1) is 28.6. The van der Waals surface area contributed by atoms with Crippen LogP contribution in [0.1, 0.15) is 41.4 Å². The molecular weight excluding hydrogens is 490 g/mol. The molecule has 0 bridgehead atoms. The van der Waals surface area contributed by atoms with Crippen LogP contribution in [0.4, 0.5) is 11.5 Å². The van der Waals surface area contributed by atoms with E-state index < -0.39 is 0 Å². The van der Waals surface area contributed by atoms with E-state index in [1.165, 1.54) is 12.5 Å². The lowest BCUT2D eigenvalue weighted by molar-refractivity contribution is -0.106. The zero-order chi connectivity index (χ0) is 28.3. The highest BCUT2D eigenvalue weighted by molar-refractivity contribution is 5.75. The third kappa shape index (κ3) is 7.29. The van der Waals surface area contributed by atoms with Gasteiger partial charge in [0, 0.05) is 55.1 Å². The van der Waals surface area contributed by atoms with E-state index in [1.54, 1.807) is 30.7 Å². The van der Waals surface area contributed by atoms with Crippen molar-refractivity contribution in [3.63, 3.8) is 0 Å². The first-order chi connectivity index (χ1) is 18.9. The van der Waals surface area contributed by atoms with E-state index in [-0.39, 0.29) is 5.41 Å². The second-order valence-electron chi connectivity index (χ2n) is 8.75. The quantitative estimate of drug-likeness (QED) is 0.326. The van der Waals surface area contributed by atoms with E-state index >= 15 is 0 Å². The average Bonchev–Trinajstić information content (AvgIpc) is 3.80. The van der Waals surface area contributed by atoms with Gasteiger partial charge in [-0.25, -0.2) is 15.0 Å². The lowest BCUT2D eigenvalue weighted by atomic mass is 10.0. The van der Waals surface area contributed by atoms with E-state index in [2.05, 4.69) is 56.8 Å². The third-order valence-electron chi connectivity index (χ3n) is 6.11. The number of aryl methyl sites for hydroxylation is 1. The number of carbonyl (C=O) groups excluding carboxylic acids is 2. The van der Waals surface area contributed by atoms with Gasteiger partial charge in [0.2, 0.25) is 0 Å². The van der Waals surface area contributed by atoms with Crippen molar-refractivity contribution in [1.29, 1.82) is 5.26 Å². The van der Waals surface area contributed by atoms with E-state index in [9.17, 15) is 4.79 Å². The van der Waals surface area contributed by atoms with E-state index in [0.717, 1.165) is 59.4 Å². The zero-order valence-corrected chi connectivity index (χ0v) is 22.5. The molecule has 0 radical (unpaired) electrons. The Morgan fingerprint density at radius 1 is 0.923 bits per heavy atom. The summed E-state index contributed by atoms with van der Waals surface area (Å²) >= 11 is 0. The summed E-state index contributed by atoms with van der Waals surface area (Å²) in [5.41, 5.74) is 6.13. The number of benzene rings is 1. The summed E-state index contributed by atoms with van der Waals surface area (Å²) in [5.74, 6) is 1.49. The molecule has 1 fully saturated rings. The number of hydrogen-bond acceptors (Lipinski definition) is 9. The highest BCUT2D eigenvalue weighted by Crippen LogP contribution is 2.46. The fourth-order valence-electron chi connectivity index (χ4n) is 3.74. The summed E-state index contributed by atoms with van der Waals surface area (Å²) < 4.78 is 0. The number of rotatable bonds is 6. The van der Waals surface area contributed by atoms with Crippen molar-refractivity contribution < 1.29 is 9.59 Å². The molecule has 3 aromatic heterocycles. The maximum absolute atomic E-state index is 10.5. The van der Waals surface area contributed by atoms with E-state index in [4.69, 9.17) is 15.0 Å². The van der Waals surface area contributed by atoms with Crippen LogP contribution < -0.4 is 10.6 Å². The predicted molar refractivity (Wildman–Crippen MR) is 152 cm³/mol. The van der Waals surface area contributed by atoms with E-state index in [1.807, 2.05) is 32.3 Å². The Kier molecular flexibility index (Phi) is 9.93. The van der Waals surface area contributed by atoms with Gasteiger partial charge in [-0.3, -0.25) is 9.78 Å². The molecule has 1 aliphatic carbocycles. The molecule has 4 aromatic rings. The standard InChI is InChI=1S/C18H19N5.C10H8N2O.C2H4O/c1-12-4-5-14(19-2)11-15(12)16-7-9-22-18(23-16)13-6-8-21-17(10-13)20-3;11-7-10(2-3-10)9-5-8(6-13)1-4-12-9;1-2-3/h4-11,19H,1-3H3,(H,20,21);1,4-6H,2-3H2;2H,1H3. The number of anilines is 2. The van der Waals surface area contributed by atoms with Gasteiger partial charge in [0.05, 0.1) is 22.9 Å². The summed E-state index contributed by atoms with van der Waals surface area (Å²) in [6.45, 7) is 3.53.